The lowest BCUT2D eigenvalue weighted by Crippen LogP contribution is -2.24. The quantitative estimate of drug-likeness (QED) is 0.193. The highest BCUT2D eigenvalue weighted by atomic mass is 19.4. The van der Waals surface area contributed by atoms with Crippen LogP contribution in [0.5, 0.6) is 0 Å². The lowest BCUT2D eigenvalue weighted by molar-refractivity contribution is -0.155. The van der Waals surface area contributed by atoms with Crippen molar-refractivity contribution in [2.45, 2.75) is 64.0 Å². The molecule has 6 nitrogen and oxygen atoms in total. The number of carbonyl (C=O) groups is 1. The fourth-order valence-electron chi connectivity index (χ4n) is 4.78. The third-order valence-electron chi connectivity index (χ3n) is 6.40. The number of hydrogen-bond donors (Lipinski definition) is 0. The Balaban J connectivity index is 1.44. The smallest absolute Gasteiger partial charge is 0.416 e. The third-order valence-corrected chi connectivity index (χ3v) is 6.40. The Labute approximate surface area is 218 Å². The van der Waals surface area contributed by atoms with E-state index >= 15 is 0 Å². The van der Waals surface area contributed by atoms with Gasteiger partial charge in [-0.05, 0) is 69.7 Å². The van der Waals surface area contributed by atoms with Crippen LogP contribution in [0.3, 0.4) is 0 Å². The summed E-state index contributed by atoms with van der Waals surface area (Å²) in [5.41, 5.74) is -1.67. The van der Waals surface area contributed by atoms with Crippen LogP contribution in [-0.4, -0.2) is 26.3 Å². The highest BCUT2D eigenvalue weighted by molar-refractivity contribution is 5.86. The van der Waals surface area contributed by atoms with Crippen LogP contribution < -0.4 is 0 Å². The van der Waals surface area contributed by atoms with Gasteiger partial charge in [-0.1, -0.05) is 5.16 Å². The molecule has 1 aliphatic rings. The van der Waals surface area contributed by atoms with Crippen LogP contribution in [0.1, 0.15) is 56.4 Å². The average molecular weight is 551 g/mol. The number of alkyl halides is 6. The summed E-state index contributed by atoms with van der Waals surface area (Å²) in [5.74, 6) is -0.765. The van der Waals surface area contributed by atoms with Crippen LogP contribution in [0.25, 0.3) is 33.7 Å². The number of rotatable bonds is 4. The molecule has 206 valence electrons. The lowest BCUT2D eigenvalue weighted by Gasteiger charge is -2.20. The molecule has 0 spiro atoms. The number of esters is 1. The van der Waals surface area contributed by atoms with E-state index in [-0.39, 0.29) is 30.2 Å². The van der Waals surface area contributed by atoms with Gasteiger partial charge in [-0.25, -0.2) is 0 Å². The summed E-state index contributed by atoms with van der Waals surface area (Å²) in [7, 11) is 0. The predicted molar refractivity (Wildman–Crippen MR) is 128 cm³/mol. The Hall–Kier alpha value is -3.83. The van der Waals surface area contributed by atoms with Crippen LogP contribution >= 0.6 is 0 Å². The number of benzene rings is 2. The van der Waals surface area contributed by atoms with Gasteiger partial charge in [-0.3, -0.25) is 4.79 Å². The van der Waals surface area contributed by atoms with Gasteiger partial charge in [0.05, 0.1) is 17.5 Å². The number of hydrogen-bond acceptors (Lipinski definition) is 5. The van der Waals surface area contributed by atoms with Crippen LogP contribution in [0.4, 0.5) is 26.3 Å². The molecule has 0 aliphatic carbocycles. The Morgan fingerprint density at radius 2 is 1.64 bits per heavy atom. The maximum atomic E-state index is 13.2. The Morgan fingerprint density at radius 1 is 0.974 bits per heavy atom. The van der Waals surface area contributed by atoms with Crippen LogP contribution in [0.15, 0.2) is 47.0 Å². The number of nitrogens with zero attached hydrogens (tertiary/aromatic N) is 3. The van der Waals surface area contributed by atoms with Crippen LogP contribution in [0, 0.1) is 0 Å². The number of carbonyl (C=O) groups excluding carboxylic acids is 1. The maximum Gasteiger partial charge on any atom is 0.416 e. The van der Waals surface area contributed by atoms with Gasteiger partial charge >= 0.3 is 18.3 Å². The second-order valence-corrected chi connectivity index (χ2v) is 10.5. The summed E-state index contributed by atoms with van der Waals surface area (Å²) < 4.78 is 92.1. The predicted octanol–water partition coefficient (Wildman–Crippen LogP) is 7.62. The molecule has 5 rings (SSSR count). The van der Waals surface area contributed by atoms with Crippen molar-refractivity contribution in [3.8, 4) is 22.8 Å². The zero-order valence-electron chi connectivity index (χ0n) is 21.1. The molecule has 0 amide bonds. The van der Waals surface area contributed by atoms with E-state index in [4.69, 9.17) is 9.26 Å². The van der Waals surface area contributed by atoms with Gasteiger partial charge in [0.15, 0.2) is 0 Å². The molecule has 2 aromatic carbocycles. The molecule has 3 heterocycles. The van der Waals surface area contributed by atoms with Crippen molar-refractivity contribution < 1.29 is 40.4 Å². The standard InChI is InChI=1S/C27H23F6N3O3/c1-25(2,3)38-22(37)12-14-6-7-36-20-5-4-15(8-16(20)11-21(14)36)23-34-24(39-35-23)17-9-18(26(28,29)30)13-19(10-17)27(31,32)33/h4-5,8-11,13-14H,6-7,12H2,1-3H3. The molecule has 12 heteroatoms. The summed E-state index contributed by atoms with van der Waals surface area (Å²) in [4.78, 5) is 16.4. The summed E-state index contributed by atoms with van der Waals surface area (Å²) in [6, 6.07) is 8.34. The summed E-state index contributed by atoms with van der Waals surface area (Å²) in [6.45, 7) is 6.14. The first kappa shape index (κ1) is 26.8. The topological polar surface area (TPSA) is 70.2 Å². The Kier molecular flexibility index (Phi) is 6.27. The van der Waals surface area contributed by atoms with Gasteiger partial charge in [-0.2, -0.15) is 31.3 Å². The zero-order chi connectivity index (χ0) is 28.3. The minimum atomic E-state index is -5.00. The number of fused-ring (bicyclic) bond motifs is 3. The number of aromatic nitrogens is 3. The minimum absolute atomic E-state index is 0.00883. The molecule has 1 atom stereocenters. The van der Waals surface area contributed by atoms with Gasteiger partial charge in [0.1, 0.15) is 5.60 Å². The fraction of sp³-hybridized carbons (Fsp3) is 0.370. The molecule has 0 saturated heterocycles. The molecule has 0 bridgehead atoms. The maximum absolute atomic E-state index is 13.2. The Bertz CT molecular complexity index is 1530. The van der Waals surface area contributed by atoms with E-state index in [2.05, 4.69) is 14.7 Å². The molecule has 1 unspecified atom stereocenters. The molecule has 2 aromatic heterocycles. The van der Waals surface area contributed by atoms with Crippen molar-refractivity contribution >= 4 is 16.9 Å². The van der Waals surface area contributed by atoms with Gasteiger partial charge in [0.2, 0.25) is 5.82 Å². The summed E-state index contributed by atoms with van der Waals surface area (Å²) in [6.07, 6.45) is -8.97. The normalized spacial score (nSPS) is 16.1. The van der Waals surface area contributed by atoms with Crippen LogP contribution in [-0.2, 0) is 28.4 Å². The van der Waals surface area contributed by atoms with Crippen LogP contribution in [0.2, 0.25) is 0 Å². The molecule has 0 saturated carbocycles. The van der Waals surface area contributed by atoms with E-state index < -0.39 is 40.5 Å². The van der Waals surface area contributed by atoms with Gasteiger partial charge in [0, 0.05) is 40.2 Å². The van der Waals surface area contributed by atoms with Gasteiger partial charge < -0.3 is 13.8 Å². The largest absolute Gasteiger partial charge is 0.460 e. The van der Waals surface area contributed by atoms with Crippen molar-refractivity contribution in [2.24, 2.45) is 0 Å². The molecular formula is C27H23F6N3O3. The first-order valence-corrected chi connectivity index (χ1v) is 12.1. The lowest BCUT2D eigenvalue weighted by atomic mass is 10.00. The van der Waals surface area contributed by atoms with Crippen molar-refractivity contribution in [2.75, 3.05) is 0 Å². The summed E-state index contributed by atoms with van der Waals surface area (Å²) in [5, 5.41) is 4.61. The second-order valence-electron chi connectivity index (χ2n) is 10.5. The van der Waals surface area contributed by atoms with E-state index in [1.165, 1.54) is 0 Å². The Morgan fingerprint density at radius 3 is 2.26 bits per heavy atom. The highest BCUT2D eigenvalue weighted by Crippen LogP contribution is 2.40. The summed E-state index contributed by atoms with van der Waals surface area (Å²) >= 11 is 0. The molecule has 1 aliphatic heterocycles. The first-order chi connectivity index (χ1) is 18.1. The number of aryl methyl sites for hydroxylation is 1. The monoisotopic (exact) mass is 551 g/mol. The first-order valence-electron chi connectivity index (χ1n) is 12.1. The molecule has 0 fully saturated rings. The average Bonchev–Trinajstić information content (AvgIpc) is 3.52. The van der Waals surface area contributed by atoms with Crippen molar-refractivity contribution in [3.05, 3.63) is 59.3 Å². The van der Waals surface area contributed by atoms with Crippen molar-refractivity contribution in [3.63, 3.8) is 0 Å². The van der Waals surface area contributed by atoms with E-state index in [1.54, 1.807) is 12.1 Å². The molecule has 0 N–H and O–H groups in total. The van der Waals surface area contributed by atoms with Gasteiger partial charge in [-0.15, -0.1) is 0 Å². The fourth-order valence-corrected chi connectivity index (χ4v) is 4.78. The van der Waals surface area contributed by atoms with E-state index in [0.29, 0.717) is 17.7 Å². The zero-order valence-corrected chi connectivity index (χ0v) is 21.1. The molecule has 4 aromatic rings. The van der Waals surface area contributed by atoms with E-state index in [0.717, 1.165) is 29.6 Å². The van der Waals surface area contributed by atoms with Gasteiger partial charge in [0.25, 0.3) is 5.89 Å². The number of ether oxygens (including phenoxy) is 1. The van der Waals surface area contributed by atoms with Crippen molar-refractivity contribution in [1.29, 1.82) is 0 Å². The van der Waals surface area contributed by atoms with E-state index in [1.807, 2.05) is 32.9 Å². The number of halogens is 6. The molecule has 39 heavy (non-hydrogen) atoms. The third kappa shape index (κ3) is 5.50. The minimum Gasteiger partial charge on any atom is -0.460 e. The molecule has 0 radical (unpaired) electrons. The molecular weight excluding hydrogens is 528 g/mol. The van der Waals surface area contributed by atoms with Crippen molar-refractivity contribution in [1.82, 2.24) is 14.7 Å². The highest BCUT2D eigenvalue weighted by Gasteiger charge is 2.37. The second kappa shape index (κ2) is 9.13. The van der Waals surface area contributed by atoms with E-state index in [9.17, 15) is 31.1 Å². The SMILES string of the molecule is CC(C)(C)OC(=O)CC1CCn2c1cc1cc(-c3noc(-c4cc(C(F)(F)F)cc(C(F)(F)F)c4)n3)ccc12.